The van der Waals surface area contributed by atoms with E-state index >= 15 is 0 Å². The molecule has 0 amide bonds. The second-order valence-corrected chi connectivity index (χ2v) is 4.68. The van der Waals surface area contributed by atoms with E-state index in [0.717, 1.165) is 17.1 Å². The van der Waals surface area contributed by atoms with E-state index in [1.54, 1.807) is 12.1 Å². The van der Waals surface area contributed by atoms with Gasteiger partial charge in [-0.2, -0.15) is 5.26 Å². The van der Waals surface area contributed by atoms with Crippen molar-refractivity contribution in [3.63, 3.8) is 0 Å². The van der Waals surface area contributed by atoms with Gasteiger partial charge in [-0.05, 0) is 30.3 Å². The van der Waals surface area contributed by atoms with E-state index in [4.69, 9.17) is 16.3 Å². The number of fused-ring (bicyclic) bond motifs is 1. The van der Waals surface area contributed by atoms with E-state index in [1.165, 1.54) is 0 Å². The van der Waals surface area contributed by atoms with Gasteiger partial charge in [0.15, 0.2) is 0 Å². The summed E-state index contributed by atoms with van der Waals surface area (Å²) in [4.78, 5) is 2.09. The van der Waals surface area contributed by atoms with Crippen LogP contribution in [0.25, 0.3) is 0 Å². The summed E-state index contributed by atoms with van der Waals surface area (Å²) in [7, 11) is 0. The van der Waals surface area contributed by atoms with Gasteiger partial charge in [0.05, 0.1) is 23.5 Å². The van der Waals surface area contributed by atoms with Crippen molar-refractivity contribution in [2.45, 2.75) is 0 Å². The van der Waals surface area contributed by atoms with Crippen molar-refractivity contribution in [2.75, 3.05) is 18.1 Å². The van der Waals surface area contributed by atoms with Crippen molar-refractivity contribution >= 4 is 23.0 Å². The molecule has 0 saturated carbocycles. The van der Waals surface area contributed by atoms with Gasteiger partial charge in [0.2, 0.25) is 0 Å². The molecule has 3 nitrogen and oxygen atoms in total. The number of nitrogens with zero attached hydrogens (tertiary/aromatic N) is 2. The van der Waals surface area contributed by atoms with Gasteiger partial charge in [0.1, 0.15) is 18.4 Å². The summed E-state index contributed by atoms with van der Waals surface area (Å²) >= 11 is 5.94. The molecule has 94 valence electrons. The average Bonchev–Trinajstić information content (AvgIpc) is 2.46. The van der Waals surface area contributed by atoms with Gasteiger partial charge >= 0.3 is 0 Å². The van der Waals surface area contributed by atoms with Crippen molar-refractivity contribution in [2.24, 2.45) is 0 Å². The van der Waals surface area contributed by atoms with Crippen LogP contribution in [-0.2, 0) is 0 Å². The molecule has 0 spiro atoms. The predicted octanol–water partition coefficient (Wildman–Crippen LogP) is 3.74. The summed E-state index contributed by atoms with van der Waals surface area (Å²) in [6.45, 7) is 1.32. The van der Waals surface area contributed by atoms with Crippen LogP contribution >= 0.6 is 11.6 Å². The number of hydrogen-bond acceptors (Lipinski definition) is 3. The van der Waals surface area contributed by atoms with Crippen LogP contribution in [0, 0.1) is 11.3 Å². The Morgan fingerprint density at radius 2 is 2.00 bits per heavy atom. The van der Waals surface area contributed by atoms with Crippen LogP contribution in [-0.4, -0.2) is 13.2 Å². The molecule has 0 aliphatic carbocycles. The molecule has 1 aliphatic rings. The normalized spacial score (nSPS) is 13.4. The first-order valence-corrected chi connectivity index (χ1v) is 6.36. The quantitative estimate of drug-likeness (QED) is 0.792. The molecule has 0 unspecified atom stereocenters. The lowest BCUT2D eigenvalue weighted by Gasteiger charge is -2.31. The van der Waals surface area contributed by atoms with Crippen LogP contribution in [0.3, 0.4) is 0 Å². The third kappa shape index (κ3) is 2.11. The summed E-state index contributed by atoms with van der Waals surface area (Å²) < 4.78 is 5.62. The lowest BCUT2D eigenvalue weighted by atomic mass is 10.1. The van der Waals surface area contributed by atoms with Crippen LogP contribution in [0.2, 0.25) is 5.02 Å². The van der Waals surface area contributed by atoms with Gasteiger partial charge in [-0.15, -0.1) is 0 Å². The number of benzene rings is 2. The zero-order chi connectivity index (χ0) is 13.2. The molecular weight excluding hydrogens is 260 g/mol. The molecule has 0 radical (unpaired) electrons. The maximum Gasteiger partial charge on any atom is 0.143 e. The smallest absolute Gasteiger partial charge is 0.143 e. The Bertz CT molecular complexity index is 663. The molecule has 1 heterocycles. The highest BCUT2D eigenvalue weighted by Gasteiger charge is 2.21. The SMILES string of the molecule is N#Cc1cc(Cl)ccc1N1CCOc2ccccc21. The third-order valence-electron chi connectivity index (χ3n) is 3.10. The predicted molar refractivity (Wildman–Crippen MR) is 75.1 cm³/mol. The van der Waals surface area contributed by atoms with E-state index in [9.17, 15) is 5.26 Å². The Kier molecular flexibility index (Phi) is 3.02. The minimum absolute atomic E-state index is 0.571. The van der Waals surface area contributed by atoms with Crippen molar-refractivity contribution in [1.29, 1.82) is 5.26 Å². The first kappa shape index (κ1) is 11.9. The monoisotopic (exact) mass is 270 g/mol. The minimum atomic E-state index is 0.571. The highest BCUT2D eigenvalue weighted by molar-refractivity contribution is 6.30. The number of hydrogen-bond donors (Lipinski definition) is 0. The van der Waals surface area contributed by atoms with Gasteiger partial charge in [-0.3, -0.25) is 0 Å². The Balaban J connectivity index is 2.12. The lowest BCUT2D eigenvalue weighted by Crippen LogP contribution is -2.29. The Hall–Kier alpha value is -2.18. The highest BCUT2D eigenvalue weighted by atomic mass is 35.5. The fraction of sp³-hybridized carbons (Fsp3) is 0.133. The van der Waals surface area contributed by atoms with Crippen LogP contribution in [0.5, 0.6) is 5.75 Å². The maximum absolute atomic E-state index is 9.25. The molecule has 0 N–H and O–H groups in total. The van der Waals surface area contributed by atoms with Crippen molar-refractivity contribution in [3.8, 4) is 11.8 Å². The van der Waals surface area contributed by atoms with Gasteiger partial charge in [-0.1, -0.05) is 23.7 Å². The van der Waals surface area contributed by atoms with Crippen molar-refractivity contribution in [3.05, 3.63) is 53.1 Å². The Morgan fingerprint density at radius 1 is 1.16 bits per heavy atom. The van der Waals surface area contributed by atoms with Crippen LogP contribution in [0.4, 0.5) is 11.4 Å². The van der Waals surface area contributed by atoms with E-state index in [1.807, 2.05) is 30.3 Å². The summed E-state index contributed by atoms with van der Waals surface area (Å²) in [6.07, 6.45) is 0. The number of anilines is 2. The first-order chi connectivity index (χ1) is 9.29. The Morgan fingerprint density at radius 3 is 2.84 bits per heavy atom. The molecule has 1 aliphatic heterocycles. The van der Waals surface area contributed by atoms with Crippen molar-refractivity contribution in [1.82, 2.24) is 0 Å². The molecule has 0 bridgehead atoms. The zero-order valence-corrected chi connectivity index (χ0v) is 10.9. The molecule has 0 fully saturated rings. The standard InChI is InChI=1S/C15H11ClN2O/c16-12-5-6-13(11(9-12)10-17)18-7-8-19-15-4-2-1-3-14(15)18/h1-6,9H,7-8H2. The molecular formula is C15H11ClN2O. The topological polar surface area (TPSA) is 36.3 Å². The van der Waals surface area contributed by atoms with E-state index in [0.29, 0.717) is 23.7 Å². The van der Waals surface area contributed by atoms with Gasteiger partial charge in [0.25, 0.3) is 0 Å². The number of para-hydroxylation sites is 2. The number of ether oxygens (including phenoxy) is 1. The van der Waals surface area contributed by atoms with Crippen LogP contribution in [0.15, 0.2) is 42.5 Å². The summed E-state index contributed by atoms with van der Waals surface area (Å²) in [5, 5.41) is 9.83. The number of nitriles is 1. The molecule has 2 aromatic rings. The van der Waals surface area contributed by atoms with E-state index in [2.05, 4.69) is 11.0 Å². The summed E-state index contributed by atoms with van der Waals surface area (Å²) in [5.41, 5.74) is 2.42. The van der Waals surface area contributed by atoms with Crippen LogP contribution in [0.1, 0.15) is 5.56 Å². The average molecular weight is 271 g/mol. The molecule has 0 aromatic heterocycles. The number of rotatable bonds is 1. The Labute approximate surface area is 116 Å². The molecule has 3 rings (SSSR count). The summed E-state index contributed by atoms with van der Waals surface area (Å²) in [5.74, 6) is 0.840. The molecule has 2 aromatic carbocycles. The zero-order valence-electron chi connectivity index (χ0n) is 10.1. The molecule has 0 atom stereocenters. The van der Waals surface area contributed by atoms with Crippen molar-refractivity contribution < 1.29 is 4.74 Å². The van der Waals surface area contributed by atoms with E-state index < -0.39 is 0 Å². The number of halogens is 1. The van der Waals surface area contributed by atoms with Gasteiger partial charge < -0.3 is 9.64 Å². The molecule has 19 heavy (non-hydrogen) atoms. The third-order valence-corrected chi connectivity index (χ3v) is 3.33. The summed E-state index contributed by atoms with van der Waals surface area (Å²) in [6, 6.07) is 15.4. The second kappa shape index (κ2) is 4.83. The van der Waals surface area contributed by atoms with Gasteiger partial charge in [-0.25, -0.2) is 0 Å². The fourth-order valence-corrected chi connectivity index (χ4v) is 2.43. The largest absolute Gasteiger partial charge is 0.490 e. The van der Waals surface area contributed by atoms with E-state index in [-0.39, 0.29) is 0 Å². The minimum Gasteiger partial charge on any atom is -0.490 e. The first-order valence-electron chi connectivity index (χ1n) is 5.98. The molecule has 4 heteroatoms. The van der Waals surface area contributed by atoms with Crippen LogP contribution < -0.4 is 9.64 Å². The fourth-order valence-electron chi connectivity index (χ4n) is 2.25. The lowest BCUT2D eigenvalue weighted by molar-refractivity contribution is 0.314. The maximum atomic E-state index is 9.25. The second-order valence-electron chi connectivity index (χ2n) is 4.24. The van der Waals surface area contributed by atoms with Gasteiger partial charge in [0, 0.05) is 5.02 Å². The highest BCUT2D eigenvalue weighted by Crippen LogP contribution is 2.38. The molecule has 0 saturated heterocycles.